The fraction of sp³-hybridized carbons (Fsp3) is 0.353. The molecule has 9 nitrogen and oxygen atoms in total. The fourth-order valence-electron chi connectivity index (χ4n) is 2.29. The third kappa shape index (κ3) is 5.77. The van der Waals surface area contributed by atoms with Gasteiger partial charge in [-0.3, -0.25) is 14.9 Å². The number of hydrogen-bond acceptors (Lipinski definition) is 6. The maximum atomic E-state index is 12.4. The number of carbonyl (C=O) groups excluding carboxylic acids is 3. The van der Waals surface area contributed by atoms with Crippen molar-refractivity contribution in [2.24, 2.45) is 0 Å². The van der Waals surface area contributed by atoms with Gasteiger partial charge in [0.05, 0.1) is 11.4 Å². The molecule has 2 N–H and O–H groups in total. The van der Waals surface area contributed by atoms with Gasteiger partial charge in [0.25, 0.3) is 11.5 Å². The van der Waals surface area contributed by atoms with E-state index in [-0.39, 0.29) is 22.5 Å². The van der Waals surface area contributed by atoms with Crippen molar-refractivity contribution >= 4 is 28.7 Å². The zero-order chi connectivity index (χ0) is 21.8. The Morgan fingerprint density at radius 3 is 2.38 bits per heavy atom. The van der Waals surface area contributed by atoms with E-state index < -0.39 is 42.8 Å². The second kappa shape index (κ2) is 8.71. The number of benzene rings is 1. The van der Waals surface area contributed by atoms with E-state index in [0.29, 0.717) is 0 Å². The van der Waals surface area contributed by atoms with Crippen LogP contribution in [0, 0.1) is 0 Å². The number of amides is 3. The quantitative estimate of drug-likeness (QED) is 0.716. The number of rotatable bonds is 5. The van der Waals surface area contributed by atoms with Gasteiger partial charge in [-0.25, -0.2) is 14.3 Å². The van der Waals surface area contributed by atoms with Crippen LogP contribution in [0.5, 0.6) is 0 Å². The summed E-state index contributed by atoms with van der Waals surface area (Å²) >= 11 is 0. The van der Waals surface area contributed by atoms with Gasteiger partial charge in [0, 0.05) is 5.39 Å². The third-order valence-electron chi connectivity index (χ3n) is 3.55. The number of imide groups is 1. The highest BCUT2D eigenvalue weighted by molar-refractivity contribution is 6.03. The van der Waals surface area contributed by atoms with Crippen molar-refractivity contribution in [2.45, 2.75) is 26.1 Å². The van der Waals surface area contributed by atoms with Crippen LogP contribution in [-0.2, 0) is 9.53 Å². The molecule has 0 atom stereocenters. The average molecular weight is 414 g/mol. The normalized spacial score (nSPS) is 11.4. The van der Waals surface area contributed by atoms with Crippen molar-refractivity contribution in [1.29, 1.82) is 0 Å². The zero-order valence-electron chi connectivity index (χ0n) is 15.4. The largest absolute Gasteiger partial charge is 0.451 e. The van der Waals surface area contributed by atoms with E-state index in [1.807, 2.05) is 0 Å². The monoisotopic (exact) mass is 414 g/mol. The molecule has 0 bridgehead atoms. The second-order valence-corrected chi connectivity index (χ2v) is 6.16. The van der Waals surface area contributed by atoms with Crippen molar-refractivity contribution in [3.63, 3.8) is 0 Å². The summed E-state index contributed by atoms with van der Waals surface area (Å²) in [5.41, 5.74) is -0.630. The summed E-state index contributed by atoms with van der Waals surface area (Å²) in [6.45, 7) is 0.810. The Hall–Kier alpha value is -3.44. The number of nitrogens with one attached hydrogen (secondary N) is 2. The number of hydrogen-bond donors (Lipinski definition) is 2. The summed E-state index contributed by atoms with van der Waals surface area (Å²) in [7, 11) is 0. The van der Waals surface area contributed by atoms with Crippen LogP contribution in [0.2, 0.25) is 0 Å². The number of ether oxygens (including phenoxy) is 1. The molecule has 1 aromatic heterocycles. The number of aromatic nitrogens is 2. The van der Waals surface area contributed by atoms with E-state index >= 15 is 0 Å². The Bertz CT molecular complexity index is 1000. The number of urea groups is 1. The molecule has 0 unspecified atom stereocenters. The van der Waals surface area contributed by atoms with Crippen LogP contribution in [0.25, 0.3) is 10.8 Å². The smallest absolute Gasteiger partial charge is 0.405 e. The molecular weight excluding hydrogens is 397 g/mol. The van der Waals surface area contributed by atoms with Crippen LogP contribution in [0.3, 0.4) is 0 Å². The van der Waals surface area contributed by atoms with Crippen molar-refractivity contribution in [3.05, 3.63) is 40.3 Å². The van der Waals surface area contributed by atoms with E-state index in [1.54, 1.807) is 31.3 Å². The van der Waals surface area contributed by atoms with Crippen LogP contribution < -0.4 is 16.2 Å². The summed E-state index contributed by atoms with van der Waals surface area (Å²) in [6, 6.07) is 4.43. The van der Waals surface area contributed by atoms with Gasteiger partial charge in [-0.1, -0.05) is 18.2 Å². The standard InChI is InChI=1S/C17H17F3N4O5/c1-9(2)24-14(26)11-6-4-3-5-10(11)13(23-24)15(27)29-7-12(25)22-16(28)21-8-17(18,19)20/h3-6,9H,7-8H2,1-2H3,(H2,21,22,25,28). The minimum Gasteiger partial charge on any atom is -0.451 e. The summed E-state index contributed by atoms with van der Waals surface area (Å²) in [6.07, 6.45) is -4.64. The predicted molar refractivity (Wildman–Crippen MR) is 94.3 cm³/mol. The first-order valence-corrected chi connectivity index (χ1v) is 8.32. The number of halogens is 3. The van der Waals surface area contributed by atoms with Crippen LogP contribution in [0.1, 0.15) is 30.4 Å². The van der Waals surface area contributed by atoms with E-state index in [4.69, 9.17) is 4.74 Å². The van der Waals surface area contributed by atoms with Gasteiger partial charge >= 0.3 is 18.2 Å². The lowest BCUT2D eigenvalue weighted by Gasteiger charge is -2.13. The van der Waals surface area contributed by atoms with Crippen LogP contribution in [0.4, 0.5) is 18.0 Å². The average Bonchev–Trinajstić information content (AvgIpc) is 2.64. The predicted octanol–water partition coefficient (Wildman–Crippen LogP) is 1.52. The van der Waals surface area contributed by atoms with E-state index in [2.05, 4.69) is 5.10 Å². The highest BCUT2D eigenvalue weighted by Crippen LogP contribution is 2.15. The summed E-state index contributed by atoms with van der Waals surface area (Å²) < 4.78 is 41.9. The summed E-state index contributed by atoms with van der Waals surface area (Å²) in [5.74, 6) is -2.18. The SMILES string of the molecule is CC(C)n1nc(C(=O)OCC(=O)NC(=O)NCC(F)(F)F)c2ccccc2c1=O. The Morgan fingerprint density at radius 2 is 1.79 bits per heavy atom. The minimum absolute atomic E-state index is 0.211. The number of alkyl halides is 3. The highest BCUT2D eigenvalue weighted by Gasteiger charge is 2.28. The molecule has 0 spiro atoms. The molecule has 0 aliphatic heterocycles. The molecule has 2 rings (SSSR count). The molecule has 0 aliphatic rings. The van der Waals surface area contributed by atoms with Crippen LogP contribution >= 0.6 is 0 Å². The Kier molecular flexibility index (Phi) is 6.56. The molecule has 3 amide bonds. The zero-order valence-corrected chi connectivity index (χ0v) is 15.4. The Labute approximate surface area is 161 Å². The van der Waals surface area contributed by atoms with Gasteiger partial charge in [-0.15, -0.1) is 0 Å². The molecule has 0 radical (unpaired) electrons. The lowest BCUT2D eigenvalue weighted by atomic mass is 10.1. The minimum atomic E-state index is -4.64. The van der Waals surface area contributed by atoms with Crippen molar-refractivity contribution in [2.75, 3.05) is 13.2 Å². The fourth-order valence-corrected chi connectivity index (χ4v) is 2.29. The number of fused-ring (bicyclic) bond motifs is 1. The number of esters is 1. The molecule has 0 fully saturated rings. The van der Waals surface area contributed by atoms with Crippen molar-refractivity contribution in [1.82, 2.24) is 20.4 Å². The number of nitrogens with zero attached hydrogens (tertiary/aromatic N) is 2. The molecule has 1 aromatic carbocycles. The third-order valence-corrected chi connectivity index (χ3v) is 3.55. The molecular formula is C17H17F3N4O5. The highest BCUT2D eigenvalue weighted by atomic mass is 19.4. The molecule has 2 aromatic rings. The van der Waals surface area contributed by atoms with E-state index in [0.717, 1.165) is 4.68 Å². The molecule has 0 saturated heterocycles. The Morgan fingerprint density at radius 1 is 1.17 bits per heavy atom. The van der Waals surface area contributed by atoms with E-state index in [9.17, 15) is 32.3 Å². The molecule has 12 heteroatoms. The summed E-state index contributed by atoms with van der Waals surface area (Å²) in [4.78, 5) is 47.6. The molecule has 156 valence electrons. The van der Waals surface area contributed by atoms with Gasteiger partial charge in [0.1, 0.15) is 6.54 Å². The first kappa shape index (κ1) is 21.9. The summed E-state index contributed by atoms with van der Waals surface area (Å²) in [5, 5.41) is 7.45. The molecule has 0 saturated carbocycles. The first-order chi connectivity index (χ1) is 13.5. The van der Waals surface area contributed by atoms with Gasteiger partial charge < -0.3 is 10.1 Å². The van der Waals surface area contributed by atoms with Crippen LogP contribution in [0.15, 0.2) is 29.1 Å². The Balaban J connectivity index is 2.10. The van der Waals surface area contributed by atoms with Gasteiger partial charge in [0.2, 0.25) is 0 Å². The van der Waals surface area contributed by atoms with Gasteiger partial charge in [-0.2, -0.15) is 18.3 Å². The first-order valence-electron chi connectivity index (χ1n) is 8.32. The number of carbonyl (C=O) groups is 3. The van der Waals surface area contributed by atoms with Crippen molar-refractivity contribution in [3.8, 4) is 0 Å². The maximum absolute atomic E-state index is 12.4. The topological polar surface area (TPSA) is 119 Å². The van der Waals surface area contributed by atoms with E-state index in [1.165, 1.54) is 17.4 Å². The lowest BCUT2D eigenvalue weighted by Crippen LogP contribution is -2.44. The van der Waals surface area contributed by atoms with Crippen molar-refractivity contribution < 1.29 is 32.3 Å². The lowest BCUT2D eigenvalue weighted by molar-refractivity contribution is -0.125. The second-order valence-electron chi connectivity index (χ2n) is 6.16. The van der Waals surface area contributed by atoms with Crippen LogP contribution in [-0.4, -0.2) is 47.0 Å². The van der Waals surface area contributed by atoms with Gasteiger partial charge in [-0.05, 0) is 19.9 Å². The maximum Gasteiger partial charge on any atom is 0.405 e. The molecule has 0 aliphatic carbocycles. The molecule has 29 heavy (non-hydrogen) atoms. The van der Waals surface area contributed by atoms with Gasteiger partial charge in [0.15, 0.2) is 12.3 Å². The molecule has 1 heterocycles.